The zero-order chi connectivity index (χ0) is 10.5. The zero-order valence-corrected chi connectivity index (χ0v) is 8.56. The quantitative estimate of drug-likeness (QED) is 0.696. The van der Waals surface area contributed by atoms with Gasteiger partial charge in [-0.2, -0.15) is 0 Å². The number of hydrogen-bond acceptors (Lipinski definition) is 0. The summed E-state index contributed by atoms with van der Waals surface area (Å²) in [6, 6.07) is 18.8. The highest BCUT2D eigenvalue weighted by Gasteiger charge is 1.94. The molecule has 2 aromatic carbocycles. The van der Waals surface area contributed by atoms with E-state index in [1.54, 1.807) is 6.08 Å². The van der Waals surface area contributed by atoms with E-state index in [9.17, 15) is 0 Å². The second-order valence-corrected chi connectivity index (χ2v) is 3.57. The molecule has 2 aromatic rings. The van der Waals surface area contributed by atoms with Gasteiger partial charge in [0, 0.05) is 0 Å². The van der Waals surface area contributed by atoms with Gasteiger partial charge in [0.05, 0.1) is 0 Å². The monoisotopic (exact) mass is 193 g/mol. The van der Waals surface area contributed by atoms with Crippen molar-refractivity contribution >= 4 is 6.08 Å². The van der Waals surface area contributed by atoms with Gasteiger partial charge in [-0.25, -0.2) is 0 Å². The molecule has 0 atom stereocenters. The molecule has 0 heteroatoms. The number of rotatable bonds is 3. The smallest absolute Gasteiger partial charge is 0.00258 e. The van der Waals surface area contributed by atoms with Gasteiger partial charge in [-0.05, 0) is 23.1 Å². The van der Waals surface area contributed by atoms with Gasteiger partial charge in [-0.3, -0.25) is 0 Å². The summed E-state index contributed by atoms with van der Waals surface area (Å²) in [5.41, 5.74) is 3.71. The van der Waals surface area contributed by atoms with Crippen LogP contribution < -0.4 is 0 Å². The summed E-state index contributed by atoms with van der Waals surface area (Å²) < 4.78 is 0. The Bertz CT molecular complexity index is 423. The molecule has 15 heavy (non-hydrogen) atoms. The Morgan fingerprint density at radius 2 is 1.40 bits per heavy atom. The van der Waals surface area contributed by atoms with E-state index < -0.39 is 0 Å². The Labute approximate surface area is 90.9 Å². The lowest BCUT2D eigenvalue weighted by Crippen LogP contribution is -1.87. The maximum Gasteiger partial charge on any atom is -0.00258 e. The van der Waals surface area contributed by atoms with Gasteiger partial charge in [0.15, 0.2) is 0 Å². The molecule has 73 valence electrons. The van der Waals surface area contributed by atoms with E-state index in [2.05, 4.69) is 36.4 Å². The van der Waals surface area contributed by atoms with E-state index in [0.29, 0.717) is 0 Å². The SMILES string of the molecule is [CH]=Cc1ccc(Cc2ccccc2)cc1. The van der Waals surface area contributed by atoms with Crippen molar-refractivity contribution in [1.29, 1.82) is 0 Å². The second kappa shape index (κ2) is 4.61. The lowest BCUT2D eigenvalue weighted by atomic mass is 10.0. The van der Waals surface area contributed by atoms with Crippen LogP contribution in [0.1, 0.15) is 16.7 Å². The summed E-state index contributed by atoms with van der Waals surface area (Å²) in [6.07, 6.45) is 2.60. The minimum absolute atomic E-state index is 0.978. The zero-order valence-electron chi connectivity index (χ0n) is 8.56. The normalized spacial score (nSPS) is 9.87. The molecule has 2 rings (SSSR count). The average molecular weight is 193 g/mol. The second-order valence-electron chi connectivity index (χ2n) is 3.57. The summed E-state index contributed by atoms with van der Waals surface area (Å²) >= 11 is 0. The molecule has 0 aliphatic heterocycles. The highest BCUT2D eigenvalue weighted by Crippen LogP contribution is 2.10. The largest absolute Gasteiger partial charge is 0.0622 e. The Balaban J connectivity index is 2.15. The molecule has 0 saturated carbocycles. The molecule has 1 radical (unpaired) electrons. The topological polar surface area (TPSA) is 0 Å². The first-order valence-corrected chi connectivity index (χ1v) is 5.06. The molecule has 0 aliphatic carbocycles. The number of hydrogen-bond donors (Lipinski definition) is 0. The first-order valence-electron chi connectivity index (χ1n) is 5.06. The lowest BCUT2D eigenvalue weighted by Gasteiger charge is -2.02. The highest BCUT2D eigenvalue weighted by atomic mass is 14.0. The standard InChI is InChI=1S/C15H13/c1-2-13-8-10-15(11-9-13)12-14-6-4-3-5-7-14/h1-11H,12H2. The molecule has 0 aliphatic rings. The maximum atomic E-state index is 5.43. The first kappa shape index (κ1) is 9.72. The van der Waals surface area contributed by atoms with Crippen molar-refractivity contribution in [2.45, 2.75) is 6.42 Å². The molecule has 0 spiro atoms. The third-order valence-corrected chi connectivity index (χ3v) is 2.42. The lowest BCUT2D eigenvalue weighted by molar-refractivity contribution is 1.19. The van der Waals surface area contributed by atoms with Crippen LogP contribution in [0.2, 0.25) is 0 Å². The molecule has 0 heterocycles. The van der Waals surface area contributed by atoms with Crippen molar-refractivity contribution in [2.75, 3.05) is 0 Å². The minimum atomic E-state index is 0.978. The van der Waals surface area contributed by atoms with Gasteiger partial charge in [0.25, 0.3) is 0 Å². The molecule has 0 amide bonds. The molecule has 0 N–H and O–H groups in total. The van der Waals surface area contributed by atoms with Crippen LogP contribution in [0.25, 0.3) is 6.08 Å². The predicted octanol–water partition coefficient (Wildman–Crippen LogP) is 3.72. The molecular weight excluding hydrogens is 180 g/mol. The number of benzene rings is 2. The van der Waals surface area contributed by atoms with E-state index in [1.165, 1.54) is 11.1 Å². The van der Waals surface area contributed by atoms with Crippen molar-refractivity contribution in [1.82, 2.24) is 0 Å². The summed E-state index contributed by atoms with van der Waals surface area (Å²) in [6.45, 7) is 5.43. The molecule has 0 unspecified atom stereocenters. The Hall–Kier alpha value is -1.82. The fourth-order valence-corrected chi connectivity index (χ4v) is 1.58. The van der Waals surface area contributed by atoms with Crippen molar-refractivity contribution in [3.05, 3.63) is 77.9 Å². The van der Waals surface area contributed by atoms with Crippen molar-refractivity contribution in [3.8, 4) is 0 Å². The van der Waals surface area contributed by atoms with Crippen LogP contribution in [0.5, 0.6) is 0 Å². The summed E-state index contributed by atoms with van der Waals surface area (Å²) in [4.78, 5) is 0. The van der Waals surface area contributed by atoms with E-state index in [0.717, 1.165) is 12.0 Å². The van der Waals surface area contributed by atoms with Crippen LogP contribution in [0, 0.1) is 6.58 Å². The summed E-state index contributed by atoms with van der Waals surface area (Å²) in [5, 5.41) is 0. The van der Waals surface area contributed by atoms with E-state index in [-0.39, 0.29) is 0 Å². The van der Waals surface area contributed by atoms with Crippen LogP contribution >= 0.6 is 0 Å². The van der Waals surface area contributed by atoms with E-state index in [1.807, 2.05) is 18.2 Å². The van der Waals surface area contributed by atoms with Gasteiger partial charge in [0.2, 0.25) is 0 Å². The summed E-state index contributed by atoms with van der Waals surface area (Å²) in [7, 11) is 0. The molecule has 0 nitrogen and oxygen atoms in total. The molecule has 0 fully saturated rings. The van der Waals surface area contributed by atoms with Crippen LogP contribution in [0.15, 0.2) is 54.6 Å². The van der Waals surface area contributed by atoms with Crippen molar-refractivity contribution < 1.29 is 0 Å². The van der Waals surface area contributed by atoms with Crippen LogP contribution in [0.3, 0.4) is 0 Å². The Morgan fingerprint density at radius 1 is 0.800 bits per heavy atom. The third-order valence-electron chi connectivity index (χ3n) is 2.42. The van der Waals surface area contributed by atoms with Crippen LogP contribution in [-0.4, -0.2) is 0 Å². The maximum absolute atomic E-state index is 5.43. The summed E-state index contributed by atoms with van der Waals surface area (Å²) in [5.74, 6) is 0. The van der Waals surface area contributed by atoms with Gasteiger partial charge in [0.1, 0.15) is 0 Å². The van der Waals surface area contributed by atoms with Gasteiger partial charge < -0.3 is 0 Å². The van der Waals surface area contributed by atoms with Gasteiger partial charge in [-0.1, -0.05) is 67.3 Å². The van der Waals surface area contributed by atoms with Gasteiger partial charge in [-0.15, -0.1) is 0 Å². The fraction of sp³-hybridized carbons (Fsp3) is 0.0667. The van der Waals surface area contributed by atoms with Crippen molar-refractivity contribution in [3.63, 3.8) is 0 Å². The third kappa shape index (κ3) is 2.57. The Morgan fingerprint density at radius 3 is 2.00 bits per heavy atom. The van der Waals surface area contributed by atoms with E-state index in [4.69, 9.17) is 6.58 Å². The Kier molecular flexibility index (Phi) is 2.99. The van der Waals surface area contributed by atoms with Crippen LogP contribution in [-0.2, 0) is 6.42 Å². The molecule has 0 bridgehead atoms. The predicted molar refractivity (Wildman–Crippen MR) is 64.5 cm³/mol. The average Bonchev–Trinajstić information content (AvgIpc) is 2.31. The molecule has 0 aromatic heterocycles. The molecular formula is C15H13. The first-order chi connectivity index (χ1) is 7.38. The van der Waals surface area contributed by atoms with Crippen LogP contribution in [0.4, 0.5) is 0 Å². The fourth-order valence-electron chi connectivity index (χ4n) is 1.58. The highest BCUT2D eigenvalue weighted by molar-refractivity contribution is 5.46. The minimum Gasteiger partial charge on any atom is -0.0622 e. The van der Waals surface area contributed by atoms with Gasteiger partial charge >= 0.3 is 0 Å². The van der Waals surface area contributed by atoms with Crippen molar-refractivity contribution in [2.24, 2.45) is 0 Å². The molecule has 0 saturated heterocycles. The van der Waals surface area contributed by atoms with E-state index >= 15 is 0 Å².